The van der Waals surface area contributed by atoms with E-state index in [1.807, 2.05) is 0 Å². The van der Waals surface area contributed by atoms with Gasteiger partial charge in [-0.2, -0.15) is 0 Å². The number of hydrogen-bond donors (Lipinski definition) is 2. The average molecular weight is 355 g/mol. The Morgan fingerprint density at radius 1 is 0.920 bits per heavy atom. The molecule has 0 saturated heterocycles. The van der Waals surface area contributed by atoms with Crippen molar-refractivity contribution in [1.29, 1.82) is 0 Å². The minimum atomic E-state index is -2.44. The molecule has 0 heterocycles. The summed E-state index contributed by atoms with van der Waals surface area (Å²) >= 11 is 0. The van der Waals surface area contributed by atoms with Crippen molar-refractivity contribution in [2.24, 2.45) is 17.4 Å². The van der Waals surface area contributed by atoms with Gasteiger partial charge in [0.2, 0.25) is 0 Å². The van der Waals surface area contributed by atoms with Gasteiger partial charge in [0.05, 0.1) is 0 Å². The summed E-state index contributed by atoms with van der Waals surface area (Å²) in [5.41, 5.74) is 12.2. The lowest BCUT2D eigenvalue weighted by atomic mass is 9.76. The van der Waals surface area contributed by atoms with Crippen molar-refractivity contribution in [2.75, 3.05) is 6.61 Å². The molecule has 4 N–H and O–H groups in total. The number of rotatable bonds is 5. The van der Waals surface area contributed by atoms with Crippen LogP contribution < -0.4 is 21.8 Å². The smallest absolute Gasteiger partial charge is 0.261 e. The Morgan fingerprint density at radius 2 is 1.40 bits per heavy atom. The highest BCUT2D eigenvalue weighted by atomic mass is 28.4. The summed E-state index contributed by atoms with van der Waals surface area (Å²) in [7, 11) is -2.44. The highest BCUT2D eigenvalue weighted by Crippen LogP contribution is 2.38. The van der Waals surface area contributed by atoms with Crippen molar-refractivity contribution in [3.05, 3.63) is 60.7 Å². The molecule has 0 spiro atoms. The molecule has 1 fully saturated rings. The summed E-state index contributed by atoms with van der Waals surface area (Å²) in [6.45, 7) is 7.57. The van der Waals surface area contributed by atoms with E-state index in [-0.39, 0.29) is 17.1 Å². The predicted octanol–water partition coefficient (Wildman–Crippen LogP) is 2.24. The van der Waals surface area contributed by atoms with Gasteiger partial charge >= 0.3 is 0 Å². The van der Waals surface area contributed by atoms with Gasteiger partial charge < -0.3 is 15.9 Å². The Labute approximate surface area is 152 Å². The maximum absolute atomic E-state index is 6.89. The lowest BCUT2D eigenvalue weighted by molar-refractivity contribution is 0.124. The van der Waals surface area contributed by atoms with Gasteiger partial charge in [-0.15, -0.1) is 0 Å². The summed E-state index contributed by atoms with van der Waals surface area (Å²) in [5.74, 6) is 0.358. The molecule has 134 valence electrons. The van der Waals surface area contributed by atoms with E-state index in [1.54, 1.807) is 0 Å². The molecule has 1 aliphatic rings. The monoisotopic (exact) mass is 354 g/mol. The first kappa shape index (κ1) is 18.3. The molecule has 1 saturated carbocycles. The molecule has 2 aromatic carbocycles. The zero-order valence-corrected chi connectivity index (χ0v) is 16.5. The first-order chi connectivity index (χ1) is 11.9. The maximum Gasteiger partial charge on any atom is 0.261 e. The second-order valence-corrected chi connectivity index (χ2v) is 12.5. The lowest BCUT2D eigenvalue weighted by Crippen LogP contribution is -2.68. The molecule has 3 nitrogen and oxygen atoms in total. The molecule has 2 aromatic rings. The van der Waals surface area contributed by atoms with Gasteiger partial charge in [0.25, 0.3) is 8.32 Å². The third-order valence-corrected chi connectivity index (χ3v) is 10.5. The van der Waals surface area contributed by atoms with Crippen molar-refractivity contribution in [3.63, 3.8) is 0 Å². The highest BCUT2D eigenvalue weighted by molar-refractivity contribution is 6.99. The van der Waals surface area contributed by atoms with Crippen molar-refractivity contribution >= 4 is 18.7 Å². The predicted molar refractivity (Wildman–Crippen MR) is 108 cm³/mol. The summed E-state index contributed by atoms with van der Waals surface area (Å²) in [6.07, 6.45) is 0.958. The highest BCUT2D eigenvalue weighted by Gasteiger charge is 2.51. The Balaban J connectivity index is 2.03. The fourth-order valence-electron chi connectivity index (χ4n) is 3.99. The van der Waals surface area contributed by atoms with Crippen molar-refractivity contribution in [3.8, 4) is 0 Å². The van der Waals surface area contributed by atoms with E-state index in [0.717, 1.165) is 6.42 Å². The van der Waals surface area contributed by atoms with Crippen LogP contribution in [-0.4, -0.2) is 27.0 Å². The summed E-state index contributed by atoms with van der Waals surface area (Å²) < 4.78 is 6.89. The van der Waals surface area contributed by atoms with E-state index in [2.05, 4.69) is 81.4 Å². The van der Waals surface area contributed by atoms with Gasteiger partial charge in [0.1, 0.15) is 0 Å². The van der Waals surface area contributed by atoms with Crippen LogP contribution >= 0.6 is 0 Å². The minimum absolute atomic E-state index is 0.00562. The van der Waals surface area contributed by atoms with E-state index in [9.17, 15) is 0 Å². The van der Waals surface area contributed by atoms with Crippen molar-refractivity contribution < 1.29 is 4.43 Å². The molecular weight excluding hydrogens is 324 g/mol. The van der Waals surface area contributed by atoms with Gasteiger partial charge in [-0.05, 0) is 27.8 Å². The SMILES string of the molecule is CC(C)(C)[Si](OCC1C[C@H](N)[C@@H]1N)(c1ccccc1)c1ccccc1. The first-order valence-electron chi connectivity index (χ1n) is 9.12. The molecule has 3 atom stereocenters. The van der Waals surface area contributed by atoms with Crippen LogP contribution in [-0.2, 0) is 4.43 Å². The van der Waals surface area contributed by atoms with Crippen molar-refractivity contribution in [2.45, 2.75) is 44.3 Å². The Hall–Kier alpha value is -1.46. The van der Waals surface area contributed by atoms with E-state index in [1.165, 1.54) is 10.4 Å². The zero-order chi connectivity index (χ0) is 18.1. The van der Waals surface area contributed by atoms with Crippen molar-refractivity contribution in [1.82, 2.24) is 0 Å². The third-order valence-electron chi connectivity index (χ3n) is 5.54. The first-order valence-corrected chi connectivity index (χ1v) is 11.0. The zero-order valence-electron chi connectivity index (χ0n) is 15.5. The fourth-order valence-corrected chi connectivity index (χ4v) is 8.61. The Morgan fingerprint density at radius 3 is 1.76 bits per heavy atom. The van der Waals surface area contributed by atoms with Gasteiger partial charge in [-0.3, -0.25) is 0 Å². The molecule has 25 heavy (non-hydrogen) atoms. The summed E-state index contributed by atoms with van der Waals surface area (Å²) in [4.78, 5) is 0. The van der Waals surface area contributed by atoms with Crippen LogP contribution in [0.2, 0.25) is 5.04 Å². The normalized spacial score (nSPS) is 24.0. The summed E-state index contributed by atoms with van der Waals surface area (Å²) in [5, 5.41) is 2.63. The molecule has 0 bridgehead atoms. The molecule has 0 aromatic heterocycles. The molecule has 0 radical (unpaired) electrons. The molecule has 1 unspecified atom stereocenters. The van der Waals surface area contributed by atoms with Crippen LogP contribution in [0.4, 0.5) is 0 Å². The largest absolute Gasteiger partial charge is 0.407 e. The van der Waals surface area contributed by atoms with E-state index in [0.29, 0.717) is 12.5 Å². The fraction of sp³-hybridized carbons (Fsp3) is 0.429. The van der Waals surface area contributed by atoms with Gasteiger partial charge in [-0.1, -0.05) is 81.4 Å². The van der Waals surface area contributed by atoms with Crippen LogP contribution in [0.25, 0.3) is 0 Å². The van der Waals surface area contributed by atoms with Crippen LogP contribution in [0.5, 0.6) is 0 Å². The van der Waals surface area contributed by atoms with Crippen LogP contribution in [0.15, 0.2) is 60.7 Å². The second kappa shape index (κ2) is 7.04. The molecule has 0 amide bonds. The molecule has 0 aliphatic heterocycles. The Kier molecular flexibility index (Phi) is 5.16. The van der Waals surface area contributed by atoms with Gasteiger partial charge in [0, 0.05) is 18.7 Å². The summed E-state index contributed by atoms with van der Waals surface area (Å²) in [6, 6.07) is 21.6. The van der Waals surface area contributed by atoms with Crippen LogP contribution in [0, 0.1) is 5.92 Å². The number of hydrogen-bond acceptors (Lipinski definition) is 3. The van der Waals surface area contributed by atoms with E-state index < -0.39 is 8.32 Å². The second-order valence-electron chi connectivity index (χ2n) is 8.21. The van der Waals surface area contributed by atoms with Crippen LogP contribution in [0.1, 0.15) is 27.2 Å². The van der Waals surface area contributed by atoms with E-state index >= 15 is 0 Å². The molecule has 1 aliphatic carbocycles. The Bertz CT molecular complexity index is 645. The van der Waals surface area contributed by atoms with Crippen LogP contribution in [0.3, 0.4) is 0 Å². The van der Waals surface area contributed by atoms with Gasteiger partial charge in [0.15, 0.2) is 0 Å². The molecular formula is C21H30N2OSi. The molecule has 4 heteroatoms. The molecule has 3 rings (SSSR count). The average Bonchev–Trinajstić information content (AvgIpc) is 2.61. The minimum Gasteiger partial charge on any atom is -0.407 e. The maximum atomic E-state index is 6.89. The van der Waals surface area contributed by atoms with Gasteiger partial charge in [-0.25, -0.2) is 0 Å². The topological polar surface area (TPSA) is 61.3 Å². The third kappa shape index (κ3) is 3.32. The quantitative estimate of drug-likeness (QED) is 0.810. The lowest BCUT2D eigenvalue weighted by Gasteiger charge is -2.46. The standard InChI is InChI=1S/C21H30N2OSi/c1-21(2,3)25(17-10-6-4-7-11-17,18-12-8-5-9-13-18)24-15-16-14-19(22)20(16)23/h4-13,16,19-20H,14-15,22-23H2,1-3H3/t16?,19-,20+/m0/s1. The van der Waals surface area contributed by atoms with E-state index in [4.69, 9.17) is 15.9 Å². The number of benzene rings is 2. The number of nitrogens with two attached hydrogens (primary N) is 2.